The van der Waals surface area contributed by atoms with Gasteiger partial charge in [-0.05, 0) is 43.9 Å². The lowest BCUT2D eigenvalue weighted by Gasteiger charge is -2.57. The van der Waals surface area contributed by atoms with Crippen LogP contribution in [0.5, 0.6) is 0 Å². The number of aromatic nitrogens is 4. The second-order valence-corrected chi connectivity index (χ2v) is 21.1. The van der Waals surface area contributed by atoms with Gasteiger partial charge in [0.2, 0.25) is 18.1 Å². The van der Waals surface area contributed by atoms with Gasteiger partial charge in [-0.2, -0.15) is 0 Å². The number of nitrogen functional groups attached to an aromatic ring is 1. The van der Waals surface area contributed by atoms with Gasteiger partial charge in [-0.1, -0.05) is 163 Å². The Morgan fingerprint density at radius 3 is 1.46 bits per heavy atom. The highest BCUT2D eigenvalue weighted by atomic mass is 28.3. The van der Waals surface area contributed by atoms with E-state index >= 15 is 0 Å². The first-order valence-corrected chi connectivity index (χ1v) is 21.7. The molecule has 6 aromatic rings. The molecule has 0 radical (unpaired) electrons. The number of nitrogens with zero attached hydrogens (tertiary/aromatic N) is 4. The van der Waals surface area contributed by atoms with Crippen LogP contribution >= 0.6 is 0 Å². The molecule has 5 atom stereocenters. The summed E-state index contributed by atoms with van der Waals surface area (Å²) in [5.74, 6) is 0.701. The Kier molecular flexibility index (Phi) is 10.3. The highest BCUT2D eigenvalue weighted by Crippen LogP contribution is 2.56. The van der Waals surface area contributed by atoms with Crippen molar-refractivity contribution in [2.75, 3.05) is 5.73 Å². The third-order valence-corrected chi connectivity index (χ3v) is 15.7. The minimum absolute atomic E-state index is 0.0395. The van der Waals surface area contributed by atoms with Crippen molar-refractivity contribution in [3.05, 3.63) is 134 Å². The van der Waals surface area contributed by atoms with Gasteiger partial charge in [0.25, 0.3) is 0 Å². The number of fused-ring (bicyclic) bond motifs is 1. The van der Waals surface area contributed by atoms with Gasteiger partial charge in [-0.15, -0.1) is 0 Å². The fraction of sp³-hybridized carbons (Fsp3) is 0.326. The van der Waals surface area contributed by atoms with Crippen LogP contribution in [0.25, 0.3) is 11.2 Å². The maximum Gasteiger partial charge on any atom is 0.240 e. The molecule has 0 amide bonds. The van der Waals surface area contributed by atoms with Crippen LogP contribution in [0, 0.1) is 22.7 Å². The van der Waals surface area contributed by atoms with Crippen LogP contribution in [0.3, 0.4) is 0 Å². The first kappa shape index (κ1) is 36.0. The maximum absolute atomic E-state index is 7.73. The molecule has 2 heterocycles. The molecule has 52 heavy (non-hydrogen) atoms. The number of benzene rings is 4. The Balaban J connectivity index is 1.35. The summed E-state index contributed by atoms with van der Waals surface area (Å²) in [5, 5.41) is 5.11. The molecule has 0 spiro atoms. The topological polar surface area (TPSA) is 88.1 Å². The van der Waals surface area contributed by atoms with Crippen molar-refractivity contribution in [1.82, 2.24) is 19.5 Å². The average molecular weight is 726 g/mol. The number of hydrogen-bond donors (Lipinski definition) is 1. The Bertz CT molecular complexity index is 1970. The fourth-order valence-electron chi connectivity index (χ4n) is 8.17. The molecule has 7 nitrogen and oxygen atoms in total. The highest BCUT2D eigenvalue weighted by molar-refractivity contribution is 6.80. The van der Waals surface area contributed by atoms with Gasteiger partial charge < -0.3 is 19.2 Å². The molecular formula is C43H51N5O2Si2. The van der Waals surface area contributed by atoms with Crippen molar-refractivity contribution < 1.29 is 8.85 Å². The summed E-state index contributed by atoms with van der Waals surface area (Å²) >= 11 is 0. The number of imidazole rings is 1. The van der Waals surface area contributed by atoms with E-state index in [1.165, 1.54) is 20.7 Å². The lowest BCUT2D eigenvalue weighted by atomic mass is 9.57. The van der Waals surface area contributed by atoms with Crippen molar-refractivity contribution >= 4 is 55.8 Å². The summed E-state index contributed by atoms with van der Waals surface area (Å²) in [7, 11) is -4.23. The number of hydrogen-bond acceptors (Lipinski definition) is 6. The zero-order valence-corrected chi connectivity index (χ0v) is 33.4. The minimum atomic E-state index is -2.14. The second-order valence-electron chi connectivity index (χ2n) is 16.4. The molecule has 4 aromatic carbocycles. The molecule has 9 heteroatoms. The van der Waals surface area contributed by atoms with Crippen molar-refractivity contribution in [3.63, 3.8) is 0 Å². The van der Waals surface area contributed by atoms with Gasteiger partial charge in [0, 0.05) is 12.0 Å². The molecule has 1 aliphatic carbocycles. The number of rotatable bonds is 11. The zero-order chi connectivity index (χ0) is 36.5. The Morgan fingerprint density at radius 1 is 0.615 bits per heavy atom. The van der Waals surface area contributed by atoms with Crippen molar-refractivity contribution in [2.24, 2.45) is 22.7 Å². The van der Waals surface area contributed by atoms with E-state index in [1.54, 1.807) is 6.33 Å². The summed E-state index contributed by atoms with van der Waals surface area (Å²) in [6.07, 6.45) is 4.22. The van der Waals surface area contributed by atoms with Crippen LogP contribution in [0.15, 0.2) is 134 Å². The predicted octanol–water partition coefficient (Wildman–Crippen LogP) is 5.52. The van der Waals surface area contributed by atoms with Crippen LogP contribution in [0.4, 0.5) is 5.82 Å². The SMILES string of the molecule is CC(C)(C)C(O[SiH](c1ccccc1)c1ccccc1)[C@@H]1[C@@H](C(O[SiH](c2ccccc2)c2ccccc2)C(C)(C)C)C[C@H]1n1cnc2c(N)ncnc21. The van der Waals surface area contributed by atoms with Gasteiger partial charge in [0.1, 0.15) is 11.8 Å². The molecule has 268 valence electrons. The van der Waals surface area contributed by atoms with E-state index in [9.17, 15) is 0 Å². The molecule has 2 aromatic heterocycles. The maximum atomic E-state index is 7.73. The third-order valence-electron chi connectivity index (χ3n) is 10.6. The van der Waals surface area contributed by atoms with Crippen molar-refractivity contribution in [1.29, 1.82) is 0 Å². The van der Waals surface area contributed by atoms with Gasteiger partial charge >= 0.3 is 0 Å². The molecule has 2 unspecified atom stereocenters. The van der Waals surface area contributed by atoms with Gasteiger partial charge in [-0.3, -0.25) is 0 Å². The Labute approximate surface area is 311 Å². The first-order valence-electron chi connectivity index (χ1n) is 18.4. The van der Waals surface area contributed by atoms with Crippen LogP contribution in [-0.4, -0.2) is 49.8 Å². The van der Waals surface area contributed by atoms with E-state index in [0.29, 0.717) is 11.3 Å². The molecule has 1 saturated carbocycles. The Hall–Kier alpha value is -4.42. The molecule has 0 bridgehead atoms. The van der Waals surface area contributed by atoms with E-state index in [1.807, 2.05) is 6.33 Å². The van der Waals surface area contributed by atoms with Gasteiger partial charge in [0.05, 0.1) is 18.5 Å². The average Bonchev–Trinajstić information content (AvgIpc) is 3.56. The largest absolute Gasteiger partial charge is 0.407 e. The number of nitrogens with two attached hydrogens (primary N) is 1. The summed E-state index contributed by atoms with van der Waals surface area (Å²) in [6, 6.07) is 43.4. The fourth-order valence-corrected chi connectivity index (χ4v) is 13.6. The zero-order valence-electron chi connectivity index (χ0n) is 31.1. The highest BCUT2D eigenvalue weighted by Gasteiger charge is 2.56. The normalized spacial score (nSPS) is 19.1. The van der Waals surface area contributed by atoms with E-state index < -0.39 is 18.1 Å². The van der Waals surface area contributed by atoms with Crippen molar-refractivity contribution in [3.8, 4) is 0 Å². The summed E-state index contributed by atoms with van der Waals surface area (Å²) in [5.41, 5.74) is 7.39. The third kappa shape index (κ3) is 7.41. The summed E-state index contributed by atoms with van der Waals surface area (Å²) in [6.45, 7) is 14.0. The second kappa shape index (κ2) is 14.9. The van der Waals surface area contributed by atoms with Gasteiger partial charge in [0.15, 0.2) is 11.5 Å². The van der Waals surface area contributed by atoms with E-state index in [0.717, 1.165) is 12.1 Å². The summed E-state index contributed by atoms with van der Waals surface area (Å²) < 4.78 is 17.6. The predicted molar refractivity (Wildman–Crippen MR) is 218 cm³/mol. The molecular weight excluding hydrogens is 675 g/mol. The molecule has 1 aliphatic rings. The molecule has 7 rings (SSSR count). The Morgan fingerprint density at radius 2 is 1.04 bits per heavy atom. The number of anilines is 1. The smallest absolute Gasteiger partial charge is 0.240 e. The molecule has 1 fully saturated rings. The first-order chi connectivity index (χ1) is 25.0. The molecule has 2 N–H and O–H groups in total. The monoisotopic (exact) mass is 725 g/mol. The lowest BCUT2D eigenvalue weighted by Crippen LogP contribution is -2.62. The van der Waals surface area contributed by atoms with Crippen LogP contribution in [0.2, 0.25) is 0 Å². The minimum Gasteiger partial charge on any atom is -0.407 e. The molecule has 0 aliphatic heterocycles. The van der Waals surface area contributed by atoms with E-state index in [-0.39, 0.29) is 40.9 Å². The quantitative estimate of drug-likeness (QED) is 0.177. The molecule has 0 saturated heterocycles. The van der Waals surface area contributed by atoms with Crippen LogP contribution in [0.1, 0.15) is 54.0 Å². The van der Waals surface area contributed by atoms with E-state index in [4.69, 9.17) is 24.6 Å². The van der Waals surface area contributed by atoms with Crippen LogP contribution in [-0.2, 0) is 8.85 Å². The van der Waals surface area contributed by atoms with E-state index in [2.05, 4.69) is 172 Å². The summed E-state index contributed by atoms with van der Waals surface area (Å²) in [4.78, 5) is 13.7. The van der Waals surface area contributed by atoms with Crippen molar-refractivity contribution in [2.45, 2.75) is 66.2 Å². The lowest BCUT2D eigenvalue weighted by molar-refractivity contribution is -0.127. The van der Waals surface area contributed by atoms with Crippen LogP contribution < -0.4 is 26.5 Å². The standard InChI is InChI=1S/C43H51N5O2Si2/c1-42(2,3)38(49-51(30-19-11-7-12-20-30)31-21-13-8-14-22-31)34-27-35(48-29-47-37-40(44)45-28-46-41(37)48)36(34)39(43(4,5)6)50-52(32-23-15-9-16-24-32)33-25-17-10-18-26-33/h7-26,28-29,34-36,38-39,51-52H,27H2,1-6H3,(H2,44,45,46)/t34-,35+,36+,38?,39?/m0/s1. The van der Waals surface area contributed by atoms with Gasteiger partial charge in [-0.25, -0.2) is 15.0 Å².